The molecule has 0 bridgehead atoms. The van der Waals surface area contributed by atoms with Crippen molar-refractivity contribution in [1.82, 2.24) is 9.71 Å². The first kappa shape index (κ1) is 15.1. The highest BCUT2D eigenvalue weighted by Crippen LogP contribution is 2.06. The van der Waals surface area contributed by atoms with E-state index in [0.717, 1.165) is 0 Å². The molecule has 0 aliphatic rings. The number of pyridine rings is 1. The van der Waals surface area contributed by atoms with Gasteiger partial charge in [0.15, 0.2) is 5.25 Å². The molecular weight excluding hydrogens is 270 g/mol. The Kier molecular flexibility index (Phi) is 4.97. The van der Waals surface area contributed by atoms with Crippen molar-refractivity contribution in [3.8, 4) is 6.07 Å². The molecule has 2 N–H and O–H groups in total. The van der Waals surface area contributed by atoms with Crippen LogP contribution in [0.15, 0.2) is 18.3 Å². The molecule has 0 saturated carbocycles. The molecule has 1 atom stereocenters. The van der Waals surface area contributed by atoms with Crippen LogP contribution in [0.4, 0.5) is 0 Å². The van der Waals surface area contributed by atoms with Crippen molar-refractivity contribution in [3.05, 3.63) is 29.6 Å². The summed E-state index contributed by atoms with van der Waals surface area (Å²) in [6, 6.07) is 4.28. The SMILES string of the molecule is CCC(C#N)S(=O)(=O)NCc1cc(C(=O)O)ccn1. The number of hydrogen-bond donors (Lipinski definition) is 2. The van der Waals surface area contributed by atoms with Crippen molar-refractivity contribution >= 4 is 16.0 Å². The first-order valence-electron chi connectivity index (χ1n) is 5.47. The van der Waals surface area contributed by atoms with E-state index in [2.05, 4.69) is 9.71 Å². The highest BCUT2D eigenvalue weighted by atomic mass is 32.2. The maximum absolute atomic E-state index is 11.7. The Balaban J connectivity index is 2.80. The van der Waals surface area contributed by atoms with Crippen molar-refractivity contribution in [1.29, 1.82) is 5.26 Å². The van der Waals surface area contributed by atoms with Gasteiger partial charge in [0.2, 0.25) is 10.0 Å². The number of rotatable bonds is 6. The summed E-state index contributed by atoms with van der Waals surface area (Å²) in [6.45, 7) is 1.44. The van der Waals surface area contributed by atoms with Crippen LogP contribution in [0, 0.1) is 11.3 Å². The highest BCUT2D eigenvalue weighted by molar-refractivity contribution is 7.90. The summed E-state index contributed by atoms with van der Waals surface area (Å²) in [5, 5.41) is 16.4. The third kappa shape index (κ3) is 4.01. The minimum atomic E-state index is -3.75. The van der Waals surface area contributed by atoms with Gasteiger partial charge < -0.3 is 5.11 Å². The maximum Gasteiger partial charge on any atom is 0.335 e. The van der Waals surface area contributed by atoms with Crippen molar-refractivity contribution < 1.29 is 18.3 Å². The highest BCUT2D eigenvalue weighted by Gasteiger charge is 2.22. The van der Waals surface area contributed by atoms with Crippen molar-refractivity contribution in [2.75, 3.05) is 0 Å². The second-order valence-electron chi connectivity index (χ2n) is 3.73. The molecule has 7 nitrogen and oxygen atoms in total. The number of nitrogens with one attached hydrogen (secondary N) is 1. The number of carbonyl (C=O) groups is 1. The van der Waals surface area contributed by atoms with Crippen molar-refractivity contribution in [3.63, 3.8) is 0 Å². The monoisotopic (exact) mass is 283 g/mol. The predicted octanol–water partition coefficient (Wildman–Crippen LogP) is 0.501. The van der Waals surface area contributed by atoms with Gasteiger partial charge in [-0.15, -0.1) is 0 Å². The average molecular weight is 283 g/mol. The lowest BCUT2D eigenvalue weighted by molar-refractivity contribution is 0.0696. The number of hydrogen-bond acceptors (Lipinski definition) is 5. The minimum absolute atomic E-state index is 0.0246. The molecule has 19 heavy (non-hydrogen) atoms. The molecule has 102 valence electrons. The van der Waals surface area contributed by atoms with E-state index < -0.39 is 21.2 Å². The van der Waals surface area contributed by atoms with Crippen LogP contribution < -0.4 is 4.72 Å². The molecule has 1 unspecified atom stereocenters. The molecule has 1 aromatic rings. The van der Waals surface area contributed by atoms with E-state index in [-0.39, 0.29) is 24.2 Å². The smallest absolute Gasteiger partial charge is 0.335 e. The number of nitrogens with zero attached hydrogens (tertiary/aromatic N) is 2. The summed E-state index contributed by atoms with van der Waals surface area (Å²) in [6.07, 6.45) is 1.46. The standard InChI is InChI=1S/C11H13N3O4S/c1-2-10(6-12)19(17,18)14-7-9-5-8(11(15)16)3-4-13-9/h3-5,10,14H,2,7H2,1H3,(H,15,16). The fourth-order valence-electron chi connectivity index (χ4n) is 1.36. The van der Waals surface area contributed by atoms with Gasteiger partial charge in [-0.1, -0.05) is 6.92 Å². The Bertz CT molecular complexity index is 607. The number of carboxylic acid groups (broad SMARTS) is 1. The molecule has 0 aliphatic heterocycles. The zero-order valence-electron chi connectivity index (χ0n) is 10.2. The quantitative estimate of drug-likeness (QED) is 0.784. The van der Waals surface area contributed by atoms with E-state index in [0.29, 0.717) is 0 Å². The first-order valence-corrected chi connectivity index (χ1v) is 7.01. The Morgan fingerprint density at radius 2 is 2.32 bits per heavy atom. The fraction of sp³-hybridized carbons (Fsp3) is 0.364. The van der Waals surface area contributed by atoms with E-state index in [1.807, 2.05) is 0 Å². The summed E-state index contributed by atoms with van der Waals surface area (Å²) < 4.78 is 25.7. The Labute approximate surface area is 110 Å². The van der Waals surface area contributed by atoms with Gasteiger partial charge in [-0.25, -0.2) is 17.9 Å². The molecule has 0 fully saturated rings. The second-order valence-corrected chi connectivity index (χ2v) is 5.68. The number of sulfonamides is 1. The van der Waals surface area contributed by atoms with Crippen molar-refractivity contribution in [2.45, 2.75) is 25.1 Å². The third-order valence-corrected chi connectivity index (χ3v) is 4.14. The van der Waals surface area contributed by atoms with Gasteiger partial charge in [-0.2, -0.15) is 5.26 Å². The Morgan fingerprint density at radius 3 is 2.84 bits per heavy atom. The number of carboxylic acids is 1. The van der Waals surface area contributed by atoms with E-state index in [1.165, 1.54) is 18.3 Å². The molecule has 1 aromatic heterocycles. The topological polar surface area (TPSA) is 120 Å². The van der Waals surface area contributed by atoms with Crippen molar-refractivity contribution in [2.24, 2.45) is 0 Å². The molecule has 0 aliphatic carbocycles. The summed E-state index contributed by atoms with van der Waals surface area (Å²) in [7, 11) is -3.75. The van der Waals surface area contributed by atoms with Crippen LogP contribution in [0.25, 0.3) is 0 Å². The molecule has 0 amide bonds. The zero-order valence-corrected chi connectivity index (χ0v) is 11.0. The third-order valence-electron chi connectivity index (χ3n) is 2.41. The van der Waals surface area contributed by atoms with Gasteiger partial charge in [0.25, 0.3) is 0 Å². The number of nitriles is 1. The van der Waals surface area contributed by atoms with Crippen LogP contribution in [0.2, 0.25) is 0 Å². The van der Waals surface area contributed by atoms with E-state index in [9.17, 15) is 13.2 Å². The van der Waals surface area contributed by atoms with Crippen LogP contribution in [0.5, 0.6) is 0 Å². The second kappa shape index (κ2) is 6.26. The van der Waals surface area contributed by atoms with Gasteiger partial charge in [0.05, 0.1) is 23.9 Å². The molecule has 0 aromatic carbocycles. The largest absolute Gasteiger partial charge is 0.478 e. The average Bonchev–Trinajstić information content (AvgIpc) is 2.38. The minimum Gasteiger partial charge on any atom is -0.478 e. The van der Waals surface area contributed by atoms with Gasteiger partial charge in [-0.3, -0.25) is 4.98 Å². The van der Waals surface area contributed by atoms with Gasteiger partial charge >= 0.3 is 5.97 Å². The lowest BCUT2D eigenvalue weighted by Crippen LogP contribution is -2.33. The normalized spacial score (nSPS) is 12.6. The zero-order chi connectivity index (χ0) is 14.5. The van der Waals surface area contributed by atoms with E-state index in [1.54, 1.807) is 13.0 Å². The molecule has 1 heterocycles. The van der Waals surface area contributed by atoms with Crippen LogP contribution in [0.3, 0.4) is 0 Å². The van der Waals surface area contributed by atoms with E-state index in [4.69, 9.17) is 10.4 Å². The molecule has 0 saturated heterocycles. The van der Waals surface area contributed by atoms with Crippen LogP contribution in [-0.4, -0.2) is 29.7 Å². The molecule has 8 heteroatoms. The summed E-state index contributed by atoms with van der Waals surface area (Å²) in [4.78, 5) is 14.6. The molecule has 1 rings (SSSR count). The maximum atomic E-state index is 11.7. The lowest BCUT2D eigenvalue weighted by Gasteiger charge is -2.09. The lowest BCUT2D eigenvalue weighted by atomic mass is 10.2. The summed E-state index contributed by atoms with van der Waals surface area (Å²) >= 11 is 0. The van der Waals surface area contributed by atoms with Gasteiger partial charge in [-0.05, 0) is 18.6 Å². The van der Waals surface area contributed by atoms with Crippen LogP contribution in [-0.2, 0) is 16.6 Å². The number of aromatic carboxylic acids is 1. The first-order chi connectivity index (χ1) is 8.90. The number of aromatic nitrogens is 1. The summed E-state index contributed by atoms with van der Waals surface area (Å²) in [5.74, 6) is -1.12. The van der Waals surface area contributed by atoms with E-state index >= 15 is 0 Å². The van der Waals surface area contributed by atoms with Gasteiger partial charge in [0, 0.05) is 6.20 Å². The molecule has 0 radical (unpaired) electrons. The van der Waals surface area contributed by atoms with Gasteiger partial charge in [0.1, 0.15) is 0 Å². The Hall–Kier alpha value is -1.98. The van der Waals surface area contributed by atoms with Crippen LogP contribution >= 0.6 is 0 Å². The fourth-order valence-corrected chi connectivity index (χ4v) is 2.49. The summed E-state index contributed by atoms with van der Waals surface area (Å²) in [5.41, 5.74) is 0.299. The molecular formula is C11H13N3O4S. The molecule has 0 spiro atoms. The predicted molar refractivity (Wildman–Crippen MR) is 66.6 cm³/mol. The van der Waals surface area contributed by atoms with Crippen LogP contribution in [0.1, 0.15) is 29.4 Å². The Morgan fingerprint density at radius 1 is 1.63 bits per heavy atom.